The standard InChI is InChI=1S/C16H20BNO3S/c1-15(2)16(3,4)21-17(20-15)12-6-5-7-13(10-12)19-11-14-18-8-9-22-14/h5-10H,11H2,1-4H3. The molecule has 1 aromatic carbocycles. The molecule has 22 heavy (non-hydrogen) atoms. The molecule has 3 rings (SSSR count). The molecule has 2 heterocycles. The third kappa shape index (κ3) is 3.04. The van der Waals surface area contributed by atoms with Crippen molar-refractivity contribution in [1.82, 2.24) is 4.98 Å². The van der Waals surface area contributed by atoms with E-state index < -0.39 is 0 Å². The van der Waals surface area contributed by atoms with Crippen molar-refractivity contribution in [1.29, 1.82) is 0 Å². The van der Waals surface area contributed by atoms with E-state index in [0.29, 0.717) is 6.61 Å². The molecule has 2 aromatic rings. The van der Waals surface area contributed by atoms with Gasteiger partial charge in [-0.3, -0.25) is 0 Å². The third-order valence-corrected chi connectivity index (χ3v) is 4.98. The number of rotatable bonds is 4. The van der Waals surface area contributed by atoms with Gasteiger partial charge in [0.05, 0.1) is 11.2 Å². The lowest BCUT2D eigenvalue weighted by Gasteiger charge is -2.32. The maximum Gasteiger partial charge on any atom is 0.494 e. The molecule has 0 atom stereocenters. The van der Waals surface area contributed by atoms with Crippen LogP contribution in [0.1, 0.15) is 32.7 Å². The summed E-state index contributed by atoms with van der Waals surface area (Å²) >= 11 is 1.59. The average molecular weight is 317 g/mol. The fourth-order valence-electron chi connectivity index (χ4n) is 2.20. The van der Waals surface area contributed by atoms with Gasteiger partial charge < -0.3 is 14.0 Å². The van der Waals surface area contributed by atoms with Crippen molar-refractivity contribution in [3.63, 3.8) is 0 Å². The van der Waals surface area contributed by atoms with Gasteiger partial charge >= 0.3 is 7.12 Å². The van der Waals surface area contributed by atoms with Gasteiger partial charge in [0.25, 0.3) is 0 Å². The van der Waals surface area contributed by atoms with Gasteiger partial charge in [0, 0.05) is 11.6 Å². The summed E-state index contributed by atoms with van der Waals surface area (Å²) in [6.07, 6.45) is 1.78. The lowest BCUT2D eigenvalue weighted by Crippen LogP contribution is -2.41. The molecule has 0 unspecified atom stereocenters. The second-order valence-corrected chi connectivity index (χ2v) is 7.35. The number of nitrogens with zero attached hydrogens (tertiary/aromatic N) is 1. The van der Waals surface area contributed by atoms with Crippen molar-refractivity contribution in [2.75, 3.05) is 0 Å². The molecule has 0 bridgehead atoms. The topological polar surface area (TPSA) is 40.6 Å². The summed E-state index contributed by atoms with van der Waals surface area (Å²) in [4.78, 5) is 4.21. The first-order valence-corrected chi connectivity index (χ1v) is 8.22. The van der Waals surface area contributed by atoms with E-state index in [-0.39, 0.29) is 18.3 Å². The second kappa shape index (κ2) is 5.68. The first-order chi connectivity index (χ1) is 10.4. The van der Waals surface area contributed by atoms with Crippen molar-refractivity contribution in [3.05, 3.63) is 40.8 Å². The van der Waals surface area contributed by atoms with Crippen LogP contribution >= 0.6 is 11.3 Å². The molecule has 0 amide bonds. The number of benzene rings is 1. The molecule has 1 fully saturated rings. The molecular weight excluding hydrogens is 297 g/mol. The molecule has 4 nitrogen and oxygen atoms in total. The van der Waals surface area contributed by atoms with Crippen LogP contribution in [0.4, 0.5) is 0 Å². The van der Waals surface area contributed by atoms with Gasteiger partial charge in [-0.2, -0.15) is 0 Å². The number of ether oxygens (including phenoxy) is 1. The monoisotopic (exact) mass is 317 g/mol. The zero-order valence-corrected chi connectivity index (χ0v) is 14.1. The number of thiazole rings is 1. The van der Waals surface area contributed by atoms with Crippen LogP contribution in [0.25, 0.3) is 0 Å². The highest BCUT2D eigenvalue weighted by Crippen LogP contribution is 2.36. The van der Waals surface area contributed by atoms with Gasteiger partial charge in [-0.1, -0.05) is 12.1 Å². The van der Waals surface area contributed by atoms with Gasteiger partial charge in [0.15, 0.2) is 0 Å². The molecule has 0 aliphatic carbocycles. The number of hydrogen-bond acceptors (Lipinski definition) is 5. The fraction of sp³-hybridized carbons (Fsp3) is 0.438. The zero-order valence-electron chi connectivity index (χ0n) is 13.3. The van der Waals surface area contributed by atoms with E-state index in [1.165, 1.54) is 0 Å². The summed E-state index contributed by atoms with van der Waals surface area (Å²) in [6, 6.07) is 7.86. The van der Waals surface area contributed by atoms with Crippen LogP contribution in [-0.4, -0.2) is 23.3 Å². The predicted molar refractivity (Wildman–Crippen MR) is 88.6 cm³/mol. The maximum absolute atomic E-state index is 6.07. The Balaban J connectivity index is 1.72. The van der Waals surface area contributed by atoms with Crippen LogP contribution < -0.4 is 10.2 Å². The largest absolute Gasteiger partial charge is 0.494 e. The van der Waals surface area contributed by atoms with Crippen LogP contribution in [0.2, 0.25) is 0 Å². The summed E-state index contributed by atoms with van der Waals surface area (Å²) in [7, 11) is -0.367. The minimum atomic E-state index is -0.367. The Labute approximate surface area is 135 Å². The molecule has 0 saturated carbocycles. The van der Waals surface area contributed by atoms with Crippen LogP contribution in [0.5, 0.6) is 5.75 Å². The van der Waals surface area contributed by atoms with Crippen molar-refractivity contribution in [3.8, 4) is 5.75 Å². The molecule has 1 aromatic heterocycles. The first kappa shape index (κ1) is 15.5. The molecular formula is C16H20BNO3S. The van der Waals surface area contributed by atoms with Gasteiger partial charge in [0.2, 0.25) is 0 Å². The highest BCUT2D eigenvalue weighted by Gasteiger charge is 2.51. The Morgan fingerprint density at radius 2 is 1.91 bits per heavy atom. The van der Waals surface area contributed by atoms with E-state index in [2.05, 4.69) is 32.7 Å². The summed E-state index contributed by atoms with van der Waals surface area (Å²) in [6.45, 7) is 8.68. The molecule has 1 aliphatic heterocycles. The average Bonchev–Trinajstić information content (AvgIpc) is 3.04. The summed E-state index contributed by atoms with van der Waals surface area (Å²) in [5, 5.41) is 2.90. The van der Waals surface area contributed by atoms with Crippen molar-refractivity contribution < 1.29 is 14.0 Å². The SMILES string of the molecule is CC1(C)OB(c2cccc(OCc3nccs3)c2)OC1(C)C. The third-order valence-electron chi connectivity index (χ3n) is 4.23. The van der Waals surface area contributed by atoms with Crippen molar-refractivity contribution in [2.45, 2.75) is 45.5 Å². The van der Waals surface area contributed by atoms with Gasteiger partial charge in [0.1, 0.15) is 17.4 Å². The normalized spacial score (nSPS) is 19.4. The smallest absolute Gasteiger partial charge is 0.486 e. The van der Waals surface area contributed by atoms with Crippen molar-refractivity contribution in [2.24, 2.45) is 0 Å². The summed E-state index contributed by atoms with van der Waals surface area (Å²) in [5.74, 6) is 0.794. The predicted octanol–water partition coefficient (Wildman–Crippen LogP) is 3.02. The molecule has 1 saturated heterocycles. The lowest BCUT2D eigenvalue weighted by atomic mass is 9.79. The van der Waals surface area contributed by atoms with E-state index in [0.717, 1.165) is 16.2 Å². The molecule has 116 valence electrons. The van der Waals surface area contributed by atoms with Gasteiger partial charge in [-0.25, -0.2) is 4.98 Å². The molecule has 0 radical (unpaired) electrons. The fourth-order valence-corrected chi connectivity index (χ4v) is 2.73. The summed E-state index contributed by atoms with van der Waals surface area (Å²) < 4.78 is 17.9. The van der Waals surface area contributed by atoms with E-state index >= 15 is 0 Å². The first-order valence-electron chi connectivity index (χ1n) is 7.34. The van der Waals surface area contributed by atoms with E-state index in [9.17, 15) is 0 Å². The Morgan fingerprint density at radius 1 is 1.18 bits per heavy atom. The Bertz CT molecular complexity index is 627. The zero-order chi connectivity index (χ0) is 15.8. The van der Waals surface area contributed by atoms with Gasteiger partial charge in [-0.15, -0.1) is 11.3 Å². The van der Waals surface area contributed by atoms with Crippen LogP contribution in [-0.2, 0) is 15.9 Å². The van der Waals surface area contributed by atoms with E-state index in [1.807, 2.05) is 29.6 Å². The van der Waals surface area contributed by atoms with E-state index in [4.69, 9.17) is 14.0 Å². The number of aromatic nitrogens is 1. The summed E-state index contributed by atoms with van der Waals surface area (Å²) in [5.41, 5.74) is 0.292. The molecule has 0 spiro atoms. The Morgan fingerprint density at radius 3 is 2.55 bits per heavy atom. The number of hydrogen-bond donors (Lipinski definition) is 0. The van der Waals surface area contributed by atoms with Crippen LogP contribution in [0.15, 0.2) is 35.8 Å². The Hall–Kier alpha value is -1.37. The molecule has 1 aliphatic rings. The molecule has 6 heteroatoms. The van der Waals surface area contributed by atoms with Crippen LogP contribution in [0.3, 0.4) is 0 Å². The van der Waals surface area contributed by atoms with E-state index in [1.54, 1.807) is 17.5 Å². The quantitative estimate of drug-likeness (QED) is 0.813. The maximum atomic E-state index is 6.07. The lowest BCUT2D eigenvalue weighted by molar-refractivity contribution is 0.00578. The Kier molecular flexibility index (Phi) is 4.01. The highest BCUT2D eigenvalue weighted by molar-refractivity contribution is 7.09. The molecule has 0 N–H and O–H groups in total. The van der Waals surface area contributed by atoms with Crippen LogP contribution in [0, 0.1) is 0 Å². The van der Waals surface area contributed by atoms with Crippen molar-refractivity contribution >= 4 is 23.9 Å². The highest BCUT2D eigenvalue weighted by atomic mass is 32.1. The second-order valence-electron chi connectivity index (χ2n) is 6.38. The minimum Gasteiger partial charge on any atom is -0.486 e. The van der Waals surface area contributed by atoms with Gasteiger partial charge in [-0.05, 0) is 45.3 Å². The minimum absolute atomic E-state index is 0.338.